The summed E-state index contributed by atoms with van der Waals surface area (Å²) in [5.41, 5.74) is 0. The van der Waals surface area contributed by atoms with Gasteiger partial charge in [0.15, 0.2) is 0 Å². The van der Waals surface area contributed by atoms with Gasteiger partial charge in [-0.25, -0.2) is 0 Å². The molecule has 0 spiro atoms. The van der Waals surface area contributed by atoms with Crippen LogP contribution in [-0.2, 0) is 14.4 Å². The van der Waals surface area contributed by atoms with Crippen LogP contribution in [0.4, 0.5) is 0 Å². The molecule has 0 radical (unpaired) electrons. The number of rotatable bonds is 7. The van der Waals surface area contributed by atoms with Gasteiger partial charge in [0.1, 0.15) is 6.54 Å². The van der Waals surface area contributed by atoms with E-state index < -0.39 is 0 Å². The lowest BCUT2D eigenvalue weighted by Crippen LogP contribution is -2.43. The highest BCUT2D eigenvalue weighted by Gasteiger charge is 2.47. The molecular weight excluding hydrogens is 280 g/mol. The zero-order chi connectivity index (χ0) is 16.1. The van der Waals surface area contributed by atoms with Gasteiger partial charge in [0.05, 0.1) is 11.8 Å². The number of nitrogens with zero attached hydrogens (tertiary/aromatic N) is 1. The van der Waals surface area contributed by atoms with Crippen LogP contribution in [0.2, 0.25) is 0 Å². The number of fused-ring (bicyclic) bond motifs is 1. The van der Waals surface area contributed by atoms with Crippen molar-refractivity contribution in [1.29, 1.82) is 0 Å². The lowest BCUT2D eigenvalue weighted by atomic mass is 9.85. The Morgan fingerprint density at radius 2 is 1.82 bits per heavy atom. The van der Waals surface area contributed by atoms with Crippen LogP contribution in [0, 0.1) is 11.8 Å². The number of hydrogen-bond acceptors (Lipinski definition) is 3. The second-order valence-corrected chi connectivity index (χ2v) is 6.38. The zero-order valence-electron chi connectivity index (χ0n) is 13.5. The van der Waals surface area contributed by atoms with Crippen LogP contribution in [0.5, 0.6) is 0 Å². The third kappa shape index (κ3) is 3.76. The molecule has 1 heterocycles. The average Bonchev–Trinajstić information content (AvgIpc) is 2.73. The monoisotopic (exact) mass is 306 g/mol. The van der Waals surface area contributed by atoms with Crippen LogP contribution in [0.1, 0.15) is 52.4 Å². The number of allylic oxidation sites excluding steroid dienone is 2. The molecule has 0 saturated carbocycles. The van der Waals surface area contributed by atoms with Gasteiger partial charge in [-0.05, 0) is 26.2 Å². The molecule has 122 valence electrons. The van der Waals surface area contributed by atoms with Crippen molar-refractivity contribution in [1.82, 2.24) is 10.2 Å². The molecule has 5 heteroatoms. The Morgan fingerprint density at radius 1 is 1.23 bits per heavy atom. The lowest BCUT2D eigenvalue weighted by Gasteiger charge is -2.18. The summed E-state index contributed by atoms with van der Waals surface area (Å²) >= 11 is 0. The number of imide groups is 1. The van der Waals surface area contributed by atoms with Crippen molar-refractivity contribution in [2.24, 2.45) is 11.8 Å². The quantitative estimate of drug-likeness (QED) is 0.444. The summed E-state index contributed by atoms with van der Waals surface area (Å²) < 4.78 is 0. The van der Waals surface area contributed by atoms with E-state index in [1.54, 1.807) is 0 Å². The minimum atomic E-state index is -0.257. The van der Waals surface area contributed by atoms with E-state index in [1.165, 1.54) is 0 Å². The van der Waals surface area contributed by atoms with E-state index in [-0.39, 0.29) is 42.1 Å². The summed E-state index contributed by atoms with van der Waals surface area (Å²) in [5.74, 6) is -1.13. The normalized spacial score (nSPS) is 25.3. The molecule has 0 aromatic heterocycles. The second-order valence-electron chi connectivity index (χ2n) is 6.38. The van der Waals surface area contributed by atoms with E-state index in [4.69, 9.17) is 0 Å². The Kier molecular flexibility index (Phi) is 5.75. The highest BCUT2D eigenvalue weighted by molar-refractivity contribution is 6.07. The third-order valence-corrected chi connectivity index (χ3v) is 4.55. The van der Waals surface area contributed by atoms with Crippen LogP contribution < -0.4 is 5.32 Å². The van der Waals surface area contributed by atoms with E-state index in [1.807, 2.05) is 19.1 Å². The Hall–Kier alpha value is -1.65. The van der Waals surface area contributed by atoms with E-state index in [0.29, 0.717) is 12.8 Å². The van der Waals surface area contributed by atoms with Gasteiger partial charge in [0.25, 0.3) is 0 Å². The molecular formula is C17H26N2O3. The van der Waals surface area contributed by atoms with Crippen molar-refractivity contribution in [3.05, 3.63) is 12.2 Å². The first-order valence-electron chi connectivity index (χ1n) is 8.34. The number of hydrogen-bond donors (Lipinski definition) is 1. The number of carbonyl (C=O) groups is 3. The third-order valence-electron chi connectivity index (χ3n) is 4.55. The van der Waals surface area contributed by atoms with Crippen LogP contribution in [-0.4, -0.2) is 35.2 Å². The second kappa shape index (κ2) is 7.56. The molecule has 0 aromatic rings. The maximum Gasteiger partial charge on any atom is 0.240 e. The molecule has 1 fully saturated rings. The summed E-state index contributed by atoms with van der Waals surface area (Å²) in [7, 11) is 0. The fraction of sp³-hybridized carbons (Fsp3) is 0.706. The topological polar surface area (TPSA) is 66.5 Å². The van der Waals surface area contributed by atoms with E-state index in [9.17, 15) is 14.4 Å². The molecule has 2 rings (SSSR count). The molecule has 3 amide bonds. The predicted molar refractivity (Wildman–Crippen MR) is 83.8 cm³/mol. The van der Waals surface area contributed by atoms with E-state index >= 15 is 0 Å². The Labute approximate surface area is 132 Å². The standard InChI is InChI=1S/C17H26N2O3/c1-3-4-5-8-12(2)18-15(20)11-19-16(21)13-9-6-7-10-14(13)17(19)22/h6-7,12-14H,3-5,8-11H2,1-2H3,(H,18,20)/t12-,13-,14+/m1/s1. The highest BCUT2D eigenvalue weighted by Crippen LogP contribution is 2.34. The minimum Gasteiger partial charge on any atom is -0.352 e. The van der Waals surface area contributed by atoms with Crippen molar-refractivity contribution in [3.8, 4) is 0 Å². The molecule has 1 N–H and O–H groups in total. The minimum absolute atomic E-state index is 0.0794. The Balaban J connectivity index is 1.84. The number of nitrogens with one attached hydrogen (secondary N) is 1. The summed E-state index contributed by atoms with van der Waals surface area (Å²) in [4.78, 5) is 37.8. The van der Waals surface area contributed by atoms with Crippen LogP contribution >= 0.6 is 0 Å². The first-order valence-corrected chi connectivity index (χ1v) is 8.34. The summed E-state index contributed by atoms with van der Waals surface area (Å²) in [6.45, 7) is 3.97. The molecule has 22 heavy (non-hydrogen) atoms. The highest BCUT2D eigenvalue weighted by atomic mass is 16.2. The Morgan fingerprint density at radius 3 is 2.36 bits per heavy atom. The lowest BCUT2D eigenvalue weighted by molar-refractivity contribution is -0.143. The van der Waals surface area contributed by atoms with Crippen molar-refractivity contribution >= 4 is 17.7 Å². The largest absolute Gasteiger partial charge is 0.352 e. The summed E-state index contributed by atoms with van der Waals surface area (Å²) in [5, 5.41) is 2.89. The molecule has 1 aliphatic carbocycles. The van der Waals surface area contributed by atoms with Crippen molar-refractivity contribution in [3.63, 3.8) is 0 Å². The van der Waals surface area contributed by atoms with Crippen molar-refractivity contribution < 1.29 is 14.4 Å². The number of carbonyl (C=O) groups excluding carboxylic acids is 3. The number of unbranched alkanes of at least 4 members (excludes halogenated alkanes) is 2. The van der Waals surface area contributed by atoms with E-state index in [2.05, 4.69) is 12.2 Å². The molecule has 2 aliphatic rings. The van der Waals surface area contributed by atoms with Gasteiger partial charge in [-0.15, -0.1) is 0 Å². The number of likely N-dealkylation sites (tertiary alicyclic amines) is 1. The fourth-order valence-corrected chi connectivity index (χ4v) is 3.26. The van der Waals surface area contributed by atoms with Gasteiger partial charge in [-0.3, -0.25) is 19.3 Å². The molecule has 5 nitrogen and oxygen atoms in total. The molecule has 0 bridgehead atoms. The molecule has 3 atom stereocenters. The maximum absolute atomic E-state index is 12.3. The van der Waals surface area contributed by atoms with Crippen molar-refractivity contribution in [2.45, 2.75) is 58.4 Å². The summed E-state index contributed by atoms with van der Waals surface area (Å²) in [6.07, 6.45) is 9.43. The average molecular weight is 306 g/mol. The van der Waals surface area contributed by atoms with Gasteiger partial charge in [0.2, 0.25) is 17.7 Å². The summed E-state index contributed by atoms with van der Waals surface area (Å²) in [6, 6.07) is 0.0794. The smallest absolute Gasteiger partial charge is 0.240 e. The van der Waals surface area contributed by atoms with Gasteiger partial charge in [-0.1, -0.05) is 38.3 Å². The van der Waals surface area contributed by atoms with Crippen molar-refractivity contribution in [2.75, 3.05) is 6.54 Å². The van der Waals surface area contributed by atoms with Crippen LogP contribution in [0.3, 0.4) is 0 Å². The first-order chi connectivity index (χ1) is 10.5. The number of amides is 3. The molecule has 0 unspecified atom stereocenters. The molecule has 1 saturated heterocycles. The molecule has 1 aliphatic heterocycles. The van der Waals surface area contributed by atoms with Crippen LogP contribution in [0.25, 0.3) is 0 Å². The first kappa shape index (κ1) is 16.7. The van der Waals surface area contributed by atoms with Crippen LogP contribution in [0.15, 0.2) is 12.2 Å². The maximum atomic E-state index is 12.3. The van der Waals surface area contributed by atoms with Gasteiger partial charge >= 0.3 is 0 Å². The van der Waals surface area contributed by atoms with E-state index in [0.717, 1.165) is 30.6 Å². The van der Waals surface area contributed by atoms with Gasteiger partial charge in [0, 0.05) is 6.04 Å². The SMILES string of the molecule is CCCCC[C@@H](C)NC(=O)CN1C(=O)[C@H]2CC=CC[C@H]2C1=O. The Bertz CT molecular complexity index is 447. The fourth-order valence-electron chi connectivity index (χ4n) is 3.26. The zero-order valence-corrected chi connectivity index (χ0v) is 13.5. The molecule has 0 aromatic carbocycles. The van der Waals surface area contributed by atoms with Gasteiger partial charge < -0.3 is 5.32 Å². The van der Waals surface area contributed by atoms with Gasteiger partial charge in [-0.2, -0.15) is 0 Å². The predicted octanol–water partition coefficient (Wildman–Crippen LogP) is 2.02.